The van der Waals surface area contributed by atoms with Crippen LogP contribution < -0.4 is 4.90 Å². The van der Waals surface area contributed by atoms with Gasteiger partial charge < -0.3 is 10.0 Å². The zero-order valence-corrected chi connectivity index (χ0v) is 9.62. The van der Waals surface area contributed by atoms with Gasteiger partial charge in [-0.25, -0.2) is 4.98 Å². The van der Waals surface area contributed by atoms with Gasteiger partial charge >= 0.3 is 5.97 Å². The van der Waals surface area contributed by atoms with E-state index in [4.69, 9.17) is 5.11 Å². The van der Waals surface area contributed by atoms with Crippen molar-refractivity contribution in [3.63, 3.8) is 0 Å². The summed E-state index contributed by atoms with van der Waals surface area (Å²) in [6.45, 7) is 0. The van der Waals surface area contributed by atoms with E-state index >= 15 is 0 Å². The summed E-state index contributed by atoms with van der Waals surface area (Å²) in [6, 6.07) is 3.79. The Morgan fingerprint density at radius 3 is 2.53 bits per heavy atom. The molecule has 0 saturated heterocycles. The minimum Gasteiger partial charge on any atom is -0.481 e. The number of halogens is 1. The van der Waals surface area contributed by atoms with Crippen molar-refractivity contribution in [1.82, 2.24) is 4.98 Å². The molecule has 1 rings (SSSR count). The zero-order chi connectivity index (χ0) is 10.6. The molecule has 5 heteroatoms. The number of rotatable bonds is 4. The molecule has 0 amide bonds. The summed E-state index contributed by atoms with van der Waals surface area (Å²) in [5.74, 6) is 0.103. The molecule has 0 fully saturated rings. The molecule has 1 N–H and O–H groups in total. The summed E-state index contributed by atoms with van der Waals surface area (Å²) >= 11 is 0. The summed E-state index contributed by atoms with van der Waals surface area (Å²) < 4.78 is 0. The normalized spacial score (nSPS) is 9.20. The van der Waals surface area contributed by atoms with Crippen molar-refractivity contribution in [3.8, 4) is 0 Å². The highest BCUT2D eigenvalue weighted by Crippen LogP contribution is 2.09. The first kappa shape index (κ1) is 13.7. The Kier molecular flexibility index (Phi) is 5.70. The van der Waals surface area contributed by atoms with Crippen LogP contribution in [0.2, 0.25) is 0 Å². The van der Waals surface area contributed by atoms with Gasteiger partial charge in [0.2, 0.25) is 0 Å². The summed E-state index contributed by atoms with van der Waals surface area (Å²) in [7, 11) is 3.83. The molecule has 0 aliphatic rings. The van der Waals surface area contributed by atoms with Crippen LogP contribution in [0, 0.1) is 0 Å². The van der Waals surface area contributed by atoms with E-state index in [0.717, 1.165) is 11.4 Å². The molecular weight excluding hydrogens is 216 g/mol. The van der Waals surface area contributed by atoms with E-state index in [1.807, 2.05) is 31.1 Å². The van der Waals surface area contributed by atoms with Crippen molar-refractivity contribution < 1.29 is 9.90 Å². The SMILES string of the molecule is CN(C)c1ccc(CCC(=O)O)cn1.Cl. The van der Waals surface area contributed by atoms with Gasteiger partial charge in [0.05, 0.1) is 0 Å². The Hall–Kier alpha value is -1.29. The molecule has 0 bridgehead atoms. The van der Waals surface area contributed by atoms with Crippen molar-refractivity contribution in [1.29, 1.82) is 0 Å². The van der Waals surface area contributed by atoms with Crippen LogP contribution in [0.15, 0.2) is 18.3 Å². The molecule has 0 atom stereocenters. The molecule has 84 valence electrons. The van der Waals surface area contributed by atoms with Crippen molar-refractivity contribution in [2.45, 2.75) is 12.8 Å². The highest BCUT2D eigenvalue weighted by atomic mass is 35.5. The largest absolute Gasteiger partial charge is 0.481 e. The average Bonchev–Trinajstić information content (AvgIpc) is 2.15. The third-order valence-electron chi connectivity index (χ3n) is 1.89. The maximum Gasteiger partial charge on any atom is 0.303 e. The second-order valence-electron chi connectivity index (χ2n) is 3.31. The molecule has 0 saturated carbocycles. The predicted octanol–water partition coefficient (Wildman–Crippen LogP) is 1.59. The first-order valence-electron chi connectivity index (χ1n) is 4.43. The minimum atomic E-state index is -0.776. The second kappa shape index (κ2) is 6.24. The molecule has 1 aromatic rings. The van der Waals surface area contributed by atoms with Crippen LogP contribution in [0.1, 0.15) is 12.0 Å². The summed E-state index contributed by atoms with van der Waals surface area (Å²) in [4.78, 5) is 16.4. The van der Waals surface area contributed by atoms with Crippen LogP contribution in [-0.4, -0.2) is 30.2 Å². The lowest BCUT2D eigenvalue weighted by Gasteiger charge is -2.10. The van der Waals surface area contributed by atoms with Crippen LogP contribution in [0.3, 0.4) is 0 Å². The van der Waals surface area contributed by atoms with Crippen molar-refractivity contribution in [2.24, 2.45) is 0 Å². The van der Waals surface area contributed by atoms with E-state index < -0.39 is 5.97 Å². The number of nitrogens with zero attached hydrogens (tertiary/aromatic N) is 2. The fourth-order valence-electron chi connectivity index (χ4n) is 1.08. The van der Waals surface area contributed by atoms with E-state index in [1.165, 1.54) is 0 Å². The van der Waals surface area contributed by atoms with Gasteiger partial charge in [-0.3, -0.25) is 4.79 Å². The van der Waals surface area contributed by atoms with Crippen LogP contribution in [0.4, 0.5) is 5.82 Å². The fraction of sp³-hybridized carbons (Fsp3) is 0.400. The van der Waals surface area contributed by atoms with E-state index in [1.54, 1.807) is 6.20 Å². The number of aryl methyl sites for hydroxylation is 1. The van der Waals surface area contributed by atoms with Crippen LogP contribution >= 0.6 is 12.4 Å². The quantitative estimate of drug-likeness (QED) is 0.854. The van der Waals surface area contributed by atoms with E-state index in [9.17, 15) is 4.79 Å². The van der Waals surface area contributed by atoms with Crippen LogP contribution in [-0.2, 0) is 11.2 Å². The lowest BCUT2D eigenvalue weighted by atomic mass is 10.1. The molecule has 0 aliphatic carbocycles. The van der Waals surface area contributed by atoms with Gasteiger partial charge in [-0.05, 0) is 18.1 Å². The Morgan fingerprint density at radius 2 is 2.13 bits per heavy atom. The monoisotopic (exact) mass is 230 g/mol. The number of carboxylic acid groups (broad SMARTS) is 1. The number of anilines is 1. The number of hydrogen-bond acceptors (Lipinski definition) is 3. The highest BCUT2D eigenvalue weighted by Gasteiger charge is 2.00. The number of hydrogen-bond donors (Lipinski definition) is 1. The van der Waals surface area contributed by atoms with Gasteiger partial charge in [0.1, 0.15) is 5.82 Å². The Bertz CT molecular complexity index is 312. The molecule has 0 unspecified atom stereocenters. The lowest BCUT2D eigenvalue weighted by molar-refractivity contribution is -0.136. The standard InChI is InChI=1S/C10H14N2O2.ClH/c1-12(2)9-5-3-8(7-11-9)4-6-10(13)14;/h3,5,7H,4,6H2,1-2H3,(H,13,14);1H. The Morgan fingerprint density at radius 1 is 1.47 bits per heavy atom. The molecule has 0 spiro atoms. The third kappa shape index (κ3) is 4.65. The van der Waals surface area contributed by atoms with E-state index in [0.29, 0.717) is 6.42 Å². The molecule has 4 nitrogen and oxygen atoms in total. The molecule has 0 aromatic carbocycles. The summed E-state index contributed by atoms with van der Waals surface area (Å²) in [5, 5.41) is 8.49. The average molecular weight is 231 g/mol. The number of aliphatic carboxylic acids is 1. The number of carbonyl (C=O) groups is 1. The van der Waals surface area contributed by atoms with Gasteiger partial charge in [0.15, 0.2) is 0 Å². The summed E-state index contributed by atoms with van der Waals surface area (Å²) in [6.07, 6.45) is 2.41. The Labute approximate surface area is 95.3 Å². The molecule has 0 aliphatic heterocycles. The van der Waals surface area contributed by atoms with E-state index in [-0.39, 0.29) is 18.8 Å². The zero-order valence-electron chi connectivity index (χ0n) is 8.80. The lowest BCUT2D eigenvalue weighted by Crippen LogP contribution is -2.10. The predicted molar refractivity (Wildman–Crippen MR) is 61.8 cm³/mol. The topological polar surface area (TPSA) is 53.4 Å². The maximum atomic E-state index is 10.3. The molecule has 15 heavy (non-hydrogen) atoms. The summed E-state index contributed by atoms with van der Waals surface area (Å²) in [5.41, 5.74) is 0.956. The Balaban J connectivity index is 0.00000196. The highest BCUT2D eigenvalue weighted by molar-refractivity contribution is 5.85. The first-order chi connectivity index (χ1) is 6.59. The smallest absolute Gasteiger partial charge is 0.303 e. The number of carboxylic acids is 1. The van der Waals surface area contributed by atoms with Crippen LogP contribution in [0.5, 0.6) is 0 Å². The number of pyridine rings is 1. The molecular formula is C10H15ClN2O2. The van der Waals surface area contributed by atoms with Crippen molar-refractivity contribution in [3.05, 3.63) is 23.9 Å². The third-order valence-corrected chi connectivity index (χ3v) is 1.89. The van der Waals surface area contributed by atoms with Crippen molar-refractivity contribution in [2.75, 3.05) is 19.0 Å². The fourth-order valence-corrected chi connectivity index (χ4v) is 1.08. The minimum absolute atomic E-state index is 0. The number of aromatic nitrogens is 1. The van der Waals surface area contributed by atoms with Gasteiger partial charge in [0, 0.05) is 26.7 Å². The molecule has 1 heterocycles. The van der Waals surface area contributed by atoms with Gasteiger partial charge in [-0.1, -0.05) is 6.07 Å². The molecule has 0 radical (unpaired) electrons. The van der Waals surface area contributed by atoms with Gasteiger partial charge in [0.25, 0.3) is 0 Å². The van der Waals surface area contributed by atoms with E-state index in [2.05, 4.69) is 4.98 Å². The van der Waals surface area contributed by atoms with Gasteiger partial charge in [-0.15, -0.1) is 12.4 Å². The van der Waals surface area contributed by atoms with Gasteiger partial charge in [-0.2, -0.15) is 0 Å². The van der Waals surface area contributed by atoms with Crippen molar-refractivity contribution >= 4 is 24.2 Å². The maximum absolute atomic E-state index is 10.3. The molecule has 1 aromatic heterocycles. The first-order valence-corrected chi connectivity index (χ1v) is 4.43. The second-order valence-corrected chi connectivity index (χ2v) is 3.31. The van der Waals surface area contributed by atoms with Crippen LogP contribution in [0.25, 0.3) is 0 Å².